The van der Waals surface area contributed by atoms with Gasteiger partial charge in [-0.2, -0.15) is 4.74 Å². The van der Waals surface area contributed by atoms with Crippen molar-refractivity contribution in [3.05, 3.63) is 67.8 Å². The Bertz CT molecular complexity index is 727. The van der Waals surface area contributed by atoms with Crippen LogP contribution in [0, 0.1) is 15.3 Å². The lowest BCUT2D eigenvalue weighted by molar-refractivity contribution is -0.386. The van der Waals surface area contributed by atoms with Gasteiger partial charge in [0.15, 0.2) is 6.21 Å². The van der Waals surface area contributed by atoms with Crippen LogP contribution in [0.2, 0.25) is 0 Å². The fraction of sp³-hybridized carbons (Fsp3) is 0.133. The van der Waals surface area contributed by atoms with E-state index in [0.29, 0.717) is 14.9 Å². The quantitative estimate of drug-likeness (QED) is 0.273. The van der Waals surface area contributed by atoms with Crippen LogP contribution < -0.4 is 4.90 Å². The molecule has 0 heterocycles. The molecule has 0 saturated carbocycles. The van der Waals surface area contributed by atoms with E-state index in [0.717, 1.165) is 5.69 Å². The molecule has 0 amide bonds. The zero-order valence-corrected chi connectivity index (χ0v) is 13.6. The Hall–Kier alpha value is -2.41. The molecule has 6 nitrogen and oxygen atoms in total. The predicted octanol–water partition coefficient (Wildman–Crippen LogP) is 3.68. The summed E-state index contributed by atoms with van der Waals surface area (Å²) in [5.74, 6) is 0. The summed E-state index contributed by atoms with van der Waals surface area (Å²) in [6.45, 7) is 0. The number of nitro groups is 1. The summed E-state index contributed by atoms with van der Waals surface area (Å²) in [5.41, 5.74) is 1.50. The fourth-order valence-electron chi connectivity index (χ4n) is 1.88. The highest BCUT2D eigenvalue weighted by atomic mass is 79.9. The number of nitro benzene ring substituents is 1. The minimum absolute atomic E-state index is 0.125. The molecule has 0 N–H and O–H groups in total. The molecule has 0 aliphatic heterocycles. The maximum absolute atomic E-state index is 12.2. The molecule has 0 atom stereocenters. The first-order valence-electron chi connectivity index (χ1n) is 6.41. The van der Waals surface area contributed by atoms with Gasteiger partial charge in [0.2, 0.25) is 5.69 Å². The van der Waals surface area contributed by atoms with E-state index in [4.69, 9.17) is 0 Å². The Morgan fingerprint density at radius 3 is 2.27 bits per heavy atom. The van der Waals surface area contributed by atoms with Gasteiger partial charge in [-0.3, -0.25) is 10.1 Å². The van der Waals surface area contributed by atoms with E-state index < -0.39 is 4.92 Å². The molecule has 2 aromatic carbocycles. The number of halogens is 1. The maximum Gasteiger partial charge on any atom is 0.283 e. The highest BCUT2D eigenvalue weighted by Gasteiger charge is 2.15. The lowest BCUT2D eigenvalue weighted by Gasteiger charge is -2.12. The summed E-state index contributed by atoms with van der Waals surface area (Å²) in [4.78, 5) is 12.5. The zero-order chi connectivity index (χ0) is 16.3. The van der Waals surface area contributed by atoms with Gasteiger partial charge in [-0.05, 0) is 24.3 Å². The van der Waals surface area contributed by atoms with Gasteiger partial charge in [0.25, 0.3) is 5.69 Å². The molecule has 0 unspecified atom stereocenters. The zero-order valence-electron chi connectivity index (χ0n) is 12.1. The Kier molecular flexibility index (Phi) is 4.77. The van der Waals surface area contributed by atoms with Crippen molar-refractivity contribution in [2.45, 2.75) is 0 Å². The van der Waals surface area contributed by atoms with E-state index in [1.807, 2.05) is 31.1 Å². The van der Waals surface area contributed by atoms with Crippen molar-refractivity contribution in [2.24, 2.45) is 0 Å². The van der Waals surface area contributed by atoms with Crippen LogP contribution in [0.25, 0.3) is 0 Å². The molecule has 0 saturated heterocycles. The van der Waals surface area contributed by atoms with Crippen molar-refractivity contribution < 1.29 is 9.66 Å². The van der Waals surface area contributed by atoms with Crippen molar-refractivity contribution in [2.75, 3.05) is 19.0 Å². The molecule has 114 valence electrons. The molecule has 0 radical (unpaired) electrons. The lowest BCUT2D eigenvalue weighted by atomic mass is 10.2. The first-order chi connectivity index (χ1) is 10.4. The summed E-state index contributed by atoms with van der Waals surface area (Å²) in [6.07, 6.45) is 1.20. The van der Waals surface area contributed by atoms with E-state index in [1.165, 1.54) is 18.3 Å². The molecular formula is C15H14BrN3O3. The largest absolute Gasteiger partial charge is 0.618 e. The van der Waals surface area contributed by atoms with Gasteiger partial charge in [0, 0.05) is 42.5 Å². The molecular weight excluding hydrogens is 350 g/mol. The van der Waals surface area contributed by atoms with Crippen LogP contribution in [0.15, 0.2) is 46.9 Å². The molecule has 7 heteroatoms. The van der Waals surface area contributed by atoms with E-state index in [2.05, 4.69) is 15.9 Å². The lowest BCUT2D eigenvalue weighted by Crippen LogP contribution is -2.08. The van der Waals surface area contributed by atoms with Crippen molar-refractivity contribution in [3.8, 4) is 0 Å². The second-order valence-electron chi connectivity index (χ2n) is 4.83. The second kappa shape index (κ2) is 6.57. The Balaban J connectivity index is 2.38. The van der Waals surface area contributed by atoms with Crippen LogP contribution >= 0.6 is 15.9 Å². The summed E-state index contributed by atoms with van der Waals surface area (Å²) >= 11 is 3.18. The van der Waals surface area contributed by atoms with Gasteiger partial charge >= 0.3 is 0 Å². The average molecular weight is 364 g/mol. The Labute approximate surface area is 136 Å². The van der Waals surface area contributed by atoms with Crippen LogP contribution in [0.3, 0.4) is 0 Å². The van der Waals surface area contributed by atoms with E-state index in [9.17, 15) is 15.3 Å². The van der Waals surface area contributed by atoms with Gasteiger partial charge in [-0.15, -0.1) is 0 Å². The molecule has 0 bridgehead atoms. The van der Waals surface area contributed by atoms with Gasteiger partial charge in [0.05, 0.1) is 4.92 Å². The molecule has 0 aliphatic rings. The minimum atomic E-state index is -0.514. The third-order valence-corrected chi connectivity index (χ3v) is 3.56. The SMILES string of the molecule is CN(C)c1ccc(/[N+]([O-])=C\c2ccc(Br)cc2[N+](=O)[O-])cc1. The third kappa shape index (κ3) is 3.62. The van der Waals surface area contributed by atoms with Crippen LogP contribution in [0.4, 0.5) is 17.1 Å². The highest BCUT2D eigenvalue weighted by molar-refractivity contribution is 9.10. The van der Waals surface area contributed by atoms with Gasteiger partial charge in [-0.25, -0.2) is 0 Å². The van der Waals surface area contributed by atoms with E-state index in [1.54, 1.807) is 18.2 Å². The van der Waals surface area contributed by atoms with Gasteiger partial charge in [0.1, 0.15) is 5.56 Å². The summed E-state index contributed by atoms with van der Waals surface area (Å²) in [6, 6.07) is 11.5. The number of anilines is 1. The second-order valence-corrected chi connectivity index (χ2v) is 5.74. The number of hydrogen-bond acceptors (Lipinski definition) is 4. The molecule has 0 aliphatic carbocycles. The smallest absolute Gasteiger partial charge is 0.283 e. The molecule has 0 spiro atoms. The minimum Gasteiger partial charge on any atom is -0.618 e. The monoisotopic (exact) mass is 363 g/mol. The number of benzene rings is 2. The first-order valence-corrected chi connectivity index (χ1v) is 7.20. The van der Waals surface area contributed by atoms with Crippen molar-refractivity contribution in [3.63, 3.8) is 0 Å². The van der Waals surface area contributed by atoms with Crippen molar-refractivity contribution >= 4 is 39.2 Å². The highest BCUT2D eigenvalue weighted by Crippen LogP contribution is 2.23. The Morgan fingerprint density at radius 2 is 1.73 bits per heavy atom. The normalized spacial score (nSPS) is 11.3. The molecule has 22 heavy (non-hydrogen) atoms. The first kappa shape index (κ1) is 16.0. The molecule has 2 rings (SSSR count). The summed E-state index contributed by atoms with van der Waals surface area (Å²) in [7, 11) is 3.81. The summed E-state index contributed by atoms with van der Waals surface area (Å²) in [5, 5.41) is 23.2. The van der Waals surface area contributed by atoms with E-state index >= 15 is 0 Å². The number of rotatable bonds is 4. The topological polar surface area (TPSA) is 72.5 Å². The Morgan fingerprint density at radius 1 is 1.09 bits per heavy atom. The standard InChI is InChI=1S/C15H14BrN3O3/c1-17(2)13-5-7-14(8-6-13)18(20)10-11-3-4-12(16)9-15(11)19(21)22/h3-10H,1-2H3/b18-10+. The number of hydrogen-bond donors (Lipinski definition) is 0. The molecule has 2 aromatic rings. The predicted molar refractivity (Wildman–Crippen MR) is 90.0 cm³/mol. The van der Waals surface area contributed by atoms with Gasteiger partial charge in [-0.1, -0.05) is 15.9 Å². The summed E-state index contributed by atoms with van der Waals surface area (Å²) < 4.78 is 1.21. The van der Waals surface area contributed by atoms with Crippen molar-refractivity contribution in [1.82, 2.24) is 0 Å². The van der Waals surface area contributed by atoms with Crippen LogP contribution in [-0.2, 0) is 0 Å². The van der Waals surface area contributed by atoms with Gasteiger partial charge < -0.3 is 10.1 Å². The molecule has 0 aromatic heterocycles. The van der Waals surface area contributed by atoms with Crippen LogP contribution in [0.1, 0.15) is 5.56 Å². The fourth-order valence-corrected chi connectivity index (χ4v) is 2.23. The van der Waals surface area contributed by atoms with E-state index in [-0.39, 0.29) is 11.3 Å². The maximum atomic E-state index is 12.2. The third-order valence-electron chi connectivity index (χ3n) is 3.07. The van der Waals surface area contributed by atoms with Crippen molar-refractivity contribution in [1.29, 1.82) is 0 Å². The van der Waals surface area contributed by atoms with Crippen LogP contribution in [0.5, 0.6) is 0 Å². The number of nitrogens with zero attached hydrogens (tertiary/aromatic N) is 3. The molecule has 0 fully saturated rings. The average Bonchev–Trinajstić information content (AvgIpc) is 2.48. The van der Waals surface area contributed by atoms with Crippen LogP contribution in [-0.4, -0.2) is 30.0 Å².